The molecule has 0 amide bonds. The molecule has 1 aliphatic heterocycles. The molecule has 0 saturated heterocycles. The number of alkyl halides is 1. The van der Waals surface area contributed by atoms with Crippen molar-refractivity contribution in [1.29, 1.82) is 0 Å². The van der Waals surface area contributed by atoms with Crippen LogP contribution in [-0.4, -0.2) is 29.2 Å². The quantitative estimate of drug-likeness (QED) is 0.617. The molecular formula is C18H19BrClNO2. The molecule has 122 valence electrons. The average molecular weight is 397 g/mol. The standard InChI is InChI=1S/C18H19BrClNO2/c1-23-15-10-13-7-8-21(11-14(13)17(19)18(15)22)16(20)9-12-5-3-2-4-6-12/h2-6,10,16,22H,7-9,11H2,1H3. The predicted molar refractivity (Wildman–Crippen MR) is 96.3 cm³/mol. The average Bonchev–Trinajstić information content (AvgIpc) is 2.58. The van der Waals surface area contributed by atoms with Gasteiger partial charge in [-0.25, -0.2) is 0 Å². The van der Waals surface area contributed by atoms with Crippen LogP contribution in [0.5, 0.6) is 11.5 Å². The highest BCUT2D eigenvalue weighted by molar-refractivity contribution is 9.10. The molecule has 5 heteroatoms. The van der Waals surface area contributed by atoms with Crippen LogP contribution in [0.15, 0.2) is 40.9 Å². The normalized spacial score (nSPS) is 16.0. The molecule has 23 heavy (non-hydrogen) atoms. The molecule has 1 aliphatic rings. The maximum atomic E-state index is 10.2. The molecule has 1 N–H and O–H groups in total. The van der Waals surface area contributed by atoms with E-state index in [1.165, 1.54) is 11.1 Å². The Bertz CT molecular complexity index is 693. The van der Waals surface area contributed by atoms with Crippen LogP contribution in [0.25, 0.3) is 0 Å². The lowest BCUT2D eigenvalue weighted by atomic mass is 9.98. The lowest BCUT2D eigenvalue weighted by Crippen LogP contribution is -2.37. The van der Waals surface area contributed by atoms with Crippen LogP contribution in [0.1, 0.15) is 16.7 Å². The van der Waals surface area contributed by atoms with Crippen molar-refractivity contribution in [2.45, 2.75) is 24.9 Å². The zero-order chi connectivity index (χ0) is 16.4. The summed E-state index contributed by atoms with van der Waals surface area (Å²) in [5, 5.41) is 10.2. The second-order valence-corrected chi connectivity index (χ2v) is 7.02. The summed E-state index contributed by atoms with van der Waals surface area (Å²) in [7, 11) is 1.57. The molecule has 0 bridgehead atoms. The second kappa shape index (κ2) is 7.12. The Morgan fingerprint density at radius 3 is 2.78 bits per heavy atom. The van der Waals surface area contributed by atoms with Crippen molar-refractivity contribution < 1.29 is 9.84 Å². The number of benzene rings is 2. The minimum Gasteiger partial charge on any atom is -0.503 e. The van der Waals surface area contributed by atoms with Gasteiger partial charge in [-0.1, -0.05) is 30.3 Å². The third-order valence-corrected chi connectivity index (χ3v) is 5.58. The van der Waals surface area contributed by atoms with Crippen LogP contribution >= 0.6 is 27.5 Å². The van der Waals surface area contributed by atoms with Gasteiger partial charge in [0.15, 0.2) is 11.5 Å². The molecule has 1 atom stereocenters. The van der Waals surface area contributed by atoms with Gasteiger partial charge in [-0.15, -0.1) is 11.6 Å². The molecule has 0 spiro atoms. The van der Waals surface area contributed by atoms with Gasteiger partial charge in [-0.05, 0) is 45.1 Å². The van der Waals surface area contributed by atoms with Crippen LogP contribution in [0.4, 0.5) is 0 Å². The Kier molecular flexibility index (Phi) is 5.14. The van der Waals surface area contributed by atoms with Gasteiger partial charge in [0.25, 0.3) is 0 Å². The molecule has 2 aromatic rings. The molecule has 3 nitrogen and oxygen atoms in total. The molecule has 2 aromatic carbocycles. The first-order chi connectivity index (χ1) is 11.1. The molecule has 0 fully saturated rings. The van der Waals surface area contributed by atoms with Crippen LogP contribution < -0.4 is 4.74 Å². The zero-order valence-corrected chi connectivity index (χ0v) is 15.3. The lowest BCUT2D eigenvalue weighted by Gasteiger charge is -2.33. The third kappa shape index (κ3) is 3.49. The number of ether oxygens (including phenoxy) is 1. The number of aromatic hydroxyl groups is 1. The van der Waals surface area contributed by atoms with Gasteiger partial charge in [0.2, 0.25) is 0 Å². The molecule has 0 saturated carbocycles. The summed E-state index contributed by atoms with van der Waals surface area (Å²) in [4.78, 5) is 2.24. The largest absolute Gasteiger partial charge is 0.503 e. The third-order valence-electron chi connectivity index (χ3n) is 4.29. The molecule has 1 heterocycles. The van der Waals surface area contributed by atoms with Gasteiger partial charge < -0.3 is 9.84 Å². The summed E-state index contributed by atoms with van der Waals surface area (Å²) in [5.74, 6) is 0.665. The van der Waals surface area contributed by atoms with Crippen molar-refractivity contribution >= 4 is 27.5 Å². The minimum absolute atomic E-state index is 0.0679. The maximum Gasteiger partial charge on any atom is 0.172 e. The topological polar surface area (TPSA) is 32.7 Å². The van der Waals surface area contributed by atoms with Crippen LogP contribution in [0.3, 0.4) is 0 Å². The van der Waals surface area contributed by atoms with E-state index in [9.17, 15) is 5.11 Å². The van der Waals surface area contributed by atoms with Crippen molar-refractivity contribution in [2.75, 3.05) is 13.7 Å². The van der Waals surface area contributed by atoms with E-state index in [1.807, 2.05) is 24.3 Å². The van der Waals surface area contributed by atoms with Crippen molar-refractivity contribution in [3.05, 3.63) is 57.6 Å². The molecular weight excluding hydrogens is 378 g/mol. The number of phenols is 1. The fraction of sp³-hybridized carbons (Fsp3) is 0.333. The summed E-state index contributed by atoms with van der Waals surface area (Å²) >= 11 is 10.1. The fourth-order valence-electron chi connectivity index (χ4n) is 2.98. The van der Waals surface area contributed by atoms with E-state index in [4.69, 9.17) is 16.3 Å². The SMILES string of the molecule is COc1cc2c(c(Br)c1O)CN(C(Cl)Cc1ccccc1)CC2. The van der Waals surface area contributed by atoms with E-state index in [2.05, 4.69) is 33.0 Å². The number of nitrogens with zero attached hydrogens (tertiary/aromatic N) is 1. The van der Waals surface area contributed by atoms with Crippen LogP contribution in [0, 0.1) is 0 Å². The van der Waals surface area contributed by atoms with Crippen molar-refractivity contribution in [3.8, 4) is 11.5 Å². The monoisotopic (exact) mass is 395 g/mol. The summed E-state index contributed by atoms with van der Waals surface area (Å²) in [6.07, 6.45) is 1.69. The summed E-state index contributed by atoms with van der Waals surface area (Å²) in [6.45, 7) is 1.61. The van der Waals surface area contributed by atoms with Crippen molar-refractivity contribution in [2.24, 2.45) is 0 Å². The Labute approximate surface area is 150 Å². The van der Waals surface area contributed by atoms with Gasteiger partial charge in [-0.2, -0.15) is 0 Å². The van der Waals surface area contributed by atoms with Crippen LogP contribution in [0.2, 0.25) is 0 Å². The number of phenolic OH excluding ortho intramolecular Hbond substituents is 1. The first-order valence-corrected chi connectivity index (χ1v) is 8.82. The molecule has 0 aromatic heterocycles. The summed E-state index contributed by atoms with van der Waals surface area (Å²) < 4.78 is 5.93. The van der Waals surface area contributed by atoms with E-state index >= 15 is 0 Å². The van der Waals surface area contributed by atoms with Crippen LogP contribution in [-0.2, 0) is 19.4 Å². The molecule has 3 rings (SSSR count). The van der Waals surface area contributed by atoms with Gasteiger partial charge in [-0.3, -0.25) is 4.90 Å². The maximum absolute atomic E-state index is 10.2. The Morgan fingerprint density at radius 1 is 1.35 bits per heavy atom. The predicted octanol–water partition coefficient (Wildman–Crippen LogP) is 4.33. The van der Waals surface area contributed by atoms with Gasteiger partial charge in [0.1, 0.15) is 0 Å². The summed E-state index contributed by atoms with van der Waals surface area (Å²) in [6, 6.07) is 12.2. The van der Waals surface area contributed by atoms with Gasteiger partial charge in [0, 0.05) is 19.5 Å². The highest BCUT2D eigenvalue weighted by atomic mass is 79.9. The number of hydrogen-bond donors (Lipinski definition) is 1. The molecule has 0 aliphatic carbocycles. The highest BCUT2D eigenvalue weighted by Gasteiger charge is 2.26. The smallest absolute Gasteiger partial charge is 0.172 e. The number of rotatable bonds is 4. The fourth-order valence-corrected chi connectivity index (χ4v) is 3.90. The Hall–Kier alpha value is -1.23. The van der Waals surface area contributed by atoms with E-state index in [0.29, 0.717) is 16.8 Å². The van der Waals surface area contributed by atoms with E-state index < -0.39 is 0 Å². The van der Waals surface area contributed by atoms with E-state index in [1.54, 1.807) is 7.11 Å². The number of fused-ring (bicyclic) bond motifs is 1. The van der Waals surface area contributed by atoms with Crippen molar-refractivity contribution in [3.63, 3.8) is 0 Å². The van der Waals surface area contributed by atoms with Gasteiger partial charge in [0.05, 0.1) is 17.1 Å². The first kappa shape index (κ1) is 16.6. The minimum atomic E-state index is -0.0679. The van der Waals surface area contributed by atoms with Crippen molar-refractivity contribution in [1.82, 2.24) is 4.90 Å². The number of halogens is 2. The molecule has 0 radical (unpaired) electrons. The lowest BCUT2D eigenvalue weighted by molar-refractivity contribution is 0.229. The number of hydrogen-bond acceptors (Lipinski definition) is 3. The molecule has 1 unspecified atom stereocenters. The van der Waals surface area contributed by atoms with Gasteiger partial charge >= 0.3 is 0 Å². The Morgan fingerprint density at radius 2 is 2.09 bits per heavy atom. The highest BCUT2D eigenvalue weighted by Crippen LogP contribution is 2.41. The van der Waals surface area contributed by atoms with E-state index in [-0.39, 0.29) is 11.3 Å². The second-order valence-electron chi connectivity index (χ2n) is 5.72. The Balaban J connectivity index is 1.78. The zero-order valence-electron chi connectivity index (χ0n) is 12.9. The van der Waals surface area contributed by atoms with E-state index in [0.717, 1.165) is 24.9 Å². The number of methoxy groups -OCH3 is 1. The summed E-state index contributed by atoms with van der Waals surface area (Å²) in [5.41, 5.74) is 3.45. The first-order valence-electron chi connectivity index (χ1n) is 7.59.